The second-order valence-electron chi connectivity index (χ2n) is 3.72. The van der Waals surface area contributed by atoms with E-state index in [-0.39, 0.29) is 0 Å². The summed E-state index contributed by atoms with van der Waals surface area (Å²) in [4.78, 5) is 9.41. The van der Waals surface area contributed by atoms with Gasteiger partial charge in [-0.05, 0) is 31.2 Å². The third-order valence-corrected chi connectivity index (χ3v) is 2.79. The molecule has 2 rings (SSSR count). The van der Waals surface area contributed by atoms with Crippen LogP contribution in [0.15, 0.2) is 36.5 Å². The highest BCUT2D eigenvalue weighted by Gasteiger charge is 2.03. The molecule has 4 heteroatoms. The van der Waals surface area contributed by atoms with E-state index in [4.69, 9.17) is 18.0 Å². The standard InChI is InChI=1S/C13H13N3S/c1-9-3-2-4-11(16-9)10-5-6-12(15-8-10)13(17)7-14/h2-6,8H,7,14H2,1H3. The summed E-state index contributed by atoms with van der Waals surface area (Å²) in [5.41, 5.74) is 9.14. The van der Waals surface area contributed by atoms with Crippen molar-refractivity contribution in [2.45, 2.75) is 6.92 Å². The summed E-state index contributed by atoms with van der Waals surface area (Å²) in [5, 5.41) is 0. The third-order valence-electron chi connectivity index (χ3n) is 2.42. The lowest BCUT2D eigenvalue weighted by Gasteiger charge is -2.03. The molecule has 0 saturated carbocycles. The smallest absolute Gasteiger partial charge is 0.0782 e. The van der Waals surface area contributed by atoms with Crippen LogP contribution >= 0.6 is 12.2 Å². The maximum absolute atomic E-state index is 5.48. The number of aromatic nitrogens is 2. The molecule has 0 aliphatic heterocycles. The van der Waals surface area contributed by atoms with Gasteiger partial charge in [-0.15, -0.1) is 0 Å². The Balaban J connectivity index is 2.32. The van der Waals surface area contributed by atoms with E-state index in [1.807, 2.05) is 37.3 Å². The van der Waals surface area contributed by atoms with Crippen LogP contribution in [0, 0.1) is 6.92 Å². The van der Waals surface area contributed by atoms with Crippen LogP contribution in [-0.2, 0) is 0 Å². The summed E-state index contributed by atoms with van der Waals surface area (Å²) in [6.45, 7) is 2.32. The van der Waals surface area contributed by atoms with Crippen LogP contribution in [-0.4, -0.2) is 21.4 Å². The van der Waals surface area contributed by atoms with Gasteiger partial charge in [-0.3, -0.25) is 9.97 Å². The van der Waals surface area contributed by atoms with Gasteiger partial charge >= 0.3 is 0 Å². The van der Waals surface area contributed by atoms with E-state index in [2.05, 4.69) is 9.97 Å². The minimum absolute atomic E-state index is 0.352. The monoisotopic (exact) mass is 243 g/mol. The van der Waals surface area contributed by atoms with Crippen LogP contribution in [0.3, 0.4) is 0 Å². The summed E-state index contributed by atoms with van der Waals surface area (Å²) in [7, 11) is 0. The van der Waals surface area contributed by atoms with Crippen molar-refractivity contribution >= 4 is 17.1 Å². The van der Waals surface area contributed by atoms with Crippen molar-refractivity contribution < 1.29 is 0 Å². The number of pyridine rings is 2. The average Bonchev–Trinajstić information content (AvgIpc) is 2.38. The second-order valence-corrected chi connectivity index (χ2v) is 4.22. The SMILES string of the molecule is Cc1cccc(-c2ccc(C(=S)CN)nc2)n1. The van der Waals surface area contributed by atoms with Crippen LogP contribution in [0.25, 0.3) is 11.3 Å². The van der Waals surface area contributed by atoms with E-state index >= 15 is 0 Å². The zero-order valence-electron chi connectivity index (χ0n) is 9.55. The molecule has 17 heavy (non-hydrogen) atoms. The van der Waals surface area contributed by atoms with E-state index in [1.165, 1.54) is 0 Å². The van der Waals surface area contributed by atoms with Gasteiger partial charge in [-0.1, -0.05) is 18.3 Å². The Kier molecular flexibility index (Phi) is 3.56. The van der Waals surface area contributed by atoms with E-state index in [0.717, 1.165) is 22.6 Å². The molecule has 0 fully saturated rings. The fourth-order valence-corrected chi connectivity index (χ4v) is 1.64. The van der Waals surface area contributed by atoms with Gasteiger partial charge in [0, 0.05) is 24.0 Å². The Morgan fingerprint density at radius 3 is 2.71 bits per heavy atom. The number of thiocarbonyl (C=S) groups is 1. The van der Waals surface area contributed by atoms with Gasteiger partial charge in [0.1, 0.15) is 0 Å². The van der Waals surface area contributed by atoms with Crippen molar-refractivity contribution in [2.24, 2.45) is 5.73 Å². The first-order valence-corrected chi connectivity index (χ1v) is 5.75. The molecule has 0 aliphatic rings. The van der Waals surface area contributed by atoms with Crippen molar-refractivity contribution in [1.82, 2.24) is 9.97 Å². The lowest BCUT2D eigenvalue weighted by Crippen LogP contribution is -2.13. The highest BCUT2D eigenvalue weighted by molar-refractivity contribution is 7.80. The number of nitrogens with zero attached hydrogens (tertiary/aromatic N) is 2. The molecule has 0 saturated heterocycles. The number of hydrogen-bond acceptors (Lipinski definition) is 4. The Morgan fingerprint density at radius 2 is 2.12 bits per heavy atom. The van der Waals surface area contributed by atoms with Crippen LogP contribution in [0.4, 0.5) is 0 Å². The van der Waals surface area contributed by atoms with Crippen LogP contribution in [0.2, 0.25) is 0 Å². The molecule has 0 aliphatic carbocycles. The topological polar surface area (TPSA) is 51.8 Å². The Bertz CT molecular complexity index is 535. The molecule has 3 nitrogen and oxygen atoms in total. The summed E-state index contributed by atoms with van der Waals surface area (Å²) in [6.07, 6.45) is 1.78. The molecule has 0 amide bonds. The quantitative estimate of drug-likeness (QED) is 0.663. The second kappa shape index (κ2) is 5.12. The van der Waals surface area contributed by atoms with Gasteiger partial charge in [0.15, 0.2) is 0 Å². The Hall–Kier alpha value is -1.65. The molecule has 2 N–H and O–H groups in total. The summed E-state index contributed by atoms with van der Waals surface area (Å²) in [5.74, 6) is 0. The summed E-state index contributed by atoms with van der Waals surface area (Å²) >= 11 is 5.10. The van der Waals surface area contributed by atoms with E-state index in [0.29, 0.717) is 11.4 Å². The van der Waals surface area contributed by atoms with Crippen molar-refractivity contribution in [3.63, 3.8) is 0 Å². The maximum atomic E-state index is 5.48. The predicted molar refractivity (Wildman–Crippen MR) is 73.0 cm³/mol. The molecule has 0 radical (unpaired) electrons. The Morgan fingerprint density at radius 1 is 1.29 bits per heavy atom. The maximum Gasteiger partial charge on any atom is 0.0782 e. The summed E-state index contributed by atoms with van der Waals surface area (Å²) in [6, 6.07) is 9.76. The number of nitrogens with two attached hydrogens (primary N) is 1. The van der Waals surface area contributed by atoms with Crippen molar-refractivity contribution in [3.8, 4) is 11.3 Å². The number of hydrogen-bond donors (Lipinski definition) is 1. The number of aryl methyl sites for hydroxylation is 1. The molecule has 0 unspecified atom stereocenters. The molecular weight excluding hydrogens is 230 g/mol. The van der Waals surface area contributed by atoms with Crippen molar-refractivity contribution in [1.29, 1.82) is 0 Å². The van der Waals surface area contributed by atoms with E-state index in [1.54, 1.807) is 6.20 Å². The molecule has 2 heterocycles. The first-order chi connectivity index (χ1) is 8.20. The van der Waals surface area contributed by atoms with Crippen molar-refractivity contribution in [2.75, 3.05) is 6.54 Å². The zero-order chi connectivity index (χ0) is 12.3. The largest absolute Gasteiger partial charge is 0.326 e. The predicted octanol–water partition coefficient (Wildman–Crippen LogP) is 2.13. The van der Waals surface area contributed by atoms with Gasteiger partial charge in [0.2, 0.25) is 0 Å². The lowest BCUT2D eigenvalue weighted by molar-refractivity contribution is 1.19. The third kappa shape index (κ3) is 2.72. The molecule has 2 aromatic rings. The van der Waals surface area contributed by atoms with Gasteiger partial charge < -0.3 is 5.73 Å². The van der Waals surface area contributed by atoms with Crippen LogP contribution < -0.4 is 5.73 Å². The molecule has 0 spiro atoms. The van der Waals surface area contributed by atoms with E-state index in [9.17, 15) is 0 Å². The minimum Gasteiger partial charge on any atom is -0.326 e. The van der Waals surface area contributed by atoms with Crippen LogP contribution in [0.5, 0.6) is 0 Å². The molecule has 0 atom stereocenters. The number of rotatable bonds is 3. The first kappa shape index (κ1) is 11.8. The van der Waals surface area contributed by atoms with Crippen LogP contribution in [0.1, 0.15) is 11.4 Å². The average molecular weight is 243 g/mol. The lowest BCUT2D eigenvalue weighted by atomic mass is 10.1. The Labute approximate surface area is 106 Å². The van der Waals surface area contributed by atoms with Crippen molar-refractivity contribution in [3.05, 3.63) is 47.9 Å². The molecular formula is C13H13N3S. The van der Waals surface area contributed by atoms with E-state index < -0.39 is 0 Å². The highest BCUT2D eigenvalue weighted by Crippen LogP contribution is 2.16. The molecule has 86 valence electrons. The van der Waals surface area contributed by atoms with Gasteiger partial charge in [-0.25, -0.2) is 0 Å². The molecule has 2 aromatic heterocycles. The minimum atomic E-state index is 0.352. The van der Waals surface area contributed by atoms with Gasteiger partial charge in [0.05, 0.1) is 16.3 Å². The molecule has 0 aromatic carbocycles. The molecule has 0 bridgehead atoms. The highest BCUT2D eigenvalue weighted by atomic mass is 32.1. The van der Waals surface area contributed by atoms with Gasteiger partial charge in [0.25, 0.3) is 0 Å². The fraction of sp³-hybridized carbons (Fsp3) is 0.154. The summed E-state index contributed by atoms with van der Waals surface area (Å²) < 4.78 is 0. The normalized spacial score (nSPS) is 10.2. The zero-order valence-corrected chi connectivity index (χ0v) is 10.4. The van der Waals surface area contributed by atoms with Gasteiger partial charge in [-0.2, -0.15) is 0 Å². The fourth-order valence-electron chi connectivity index (χ4n) is 1.52. The first-order valence-electron chi connectivity index (χ1n) is 5.34.